The maximum atomic E-state index is 5.77. The van der Waals surface area contributed by atoms with E-state index in [1.807, 2.05) is 41.9 Å². The lowest BCUT2D eigenvalue weighted by Gasteiger charge is -1.86. The van der Waals surface area contributed by atoms with Crippen LogP contribution in [0.25, 0.3) is 20.4 Å². The molecule has 2 heterocycles. The summed E-state index contributed by atoms with van der Waals surface area (Å²) < 4.78 is 3.17. The fourth-order valence-electron chi connectivity index (χ4n) is 1.69. The molecule has 4 rings (SSSR count). The van der Waals surface area contributed by atoms with Crippen LogP contribution in [-0.4, -0.2) is 9.97 Å². The molecule has 2 aromatic carbocycles. The minimum Gasteiger partial charge on any atom is -0.245 e. The number of fused-ring (bicyclic) bond motifs is 2. The van der Waals surface area contributed by atoms with Crippen molar-refractivity contribution in [1.29, 1.82) is 0 Å². The van der Waals surface area contributed by atoms with Crippen LogP contribution >= 0.6 is 46.9 Å². The molecule has 0 bridgehead atoms. The maximum absolute atomic E-state index is 5.77. The van der Waals surface area contributed by atoms with Crippen molar-refractivity contribution < 1.29 is 0 Å². The van der Waals surface area contributed by atoms with E-state index in [1.54, 1.807) is 22.7 Å². The molecule has 6 heteroatoms. The zero-order chi connectivity index (χ0) is 13.9. The quantitative estimate of drug-likeness (QED) is 0.427. The molecule has 0 saturated heterocycles. The second kappa shape index (κ2) is 6.10. The molecule has 20 heavy (non-hydrogen) atoms. The van der Waals surface area contributed by atoms with Gasteiger partial charge in [0.2, 0.25) is 0 Å². The largest absolute Gasteiger partial charge is 0.245 e. The lowest BCUT2D eigenvalue weighted by Crippen LogP contribution is -1.66. The fraction of sp³-hybridized carbons (Fsp3) is 0. The number of hydrogen-bond acceptors (Lipinski definition) is 5. The number of thiol groups is 1. The van der Waals surface area contributed by atoms with Gasteiger partial charge in [0.1, 0.15) is 4.34 Å². The van der Waals surface area contributed by atoms with Crippen LogP contribution in [-0.2, 0) is 0 Å². The Labute approximate surface area is 134 Å². The molecule has 0 radical (unpaired) electrons. The predicted octanol–water partition coefficient (Wildman–Crippen LogP) is 5.53. The highest BCUT2D eigenvalue weighted by Crippen LogP contribution is 2.26. The first kappa shape index (κ1) is 13.8. The normalized spacial score (nSPS) is 10.5. The molecule has 2 nitrogen and oxygen atoms in total. The van der Waals surface area contributed by atoms with Crippen molar-refractivity contribution in [3.8, 4) is 0 Å². The summed E-state index contributed by atoms with van der Waals surface area (Å²) >= 11 is 13.1. The summed E-state index contributed by atoms with van der Waals surface area (Å²) in [5.74, 6) is 0. The second-order valence-electron chi connectivity index (χ2n) is 3.93. The molecule has 0 atom stereocenters. The van der Waals surface area contributed by atoms with Crippen LogP contribution in [0.2, 0.25) is 5.02 Å². The van der Waals surface area contributed by atoms with Gasteiger partial charge in [-0.05, 0) is 30.3 Å². The van der Waals surface area contributed by atoms with Crippen molar-refractivity contribution in [3.63, 3.8) is 0 Å². The minimum atomic E-state index is 0.719. The van der Waals surface area contributed by atoms with E-state index >= 15 is 0 Å². The van der Waals surface area contributed by atoms with Crippen LogP contribution < -0.4 is 0 Å². The zero-order valence-electron chi connectivity index (χ0n) is 10.2. The van der Waals surface area contributed by atoms with Gasteiger partial charge in [-0.3, -0.25) is 0 Å². The number of para-hydroxylation sites is 1. The van der Waals surface area contributed by atoms with E-state index < -0.39 is 0 Å². The maximum Gasteiger partial charge on any atom is 0.148 e. The highest BCUT2D eigenvalue weighted by atomic mass is 35.5. The topological polar surface area (TPSA) is 25.8 Å². The van der Waals surface area contributed by atoms with Crippen LogP contribution in [0.4, 0.5) is 0 Å². The monoisotopic (exact) mass is 336 g/mol. The van der Waals surface area contributed by atoms with E-state index in [4.69, 9.17) is 11.6 Å². The molecular weight excluding hydrogens is 328 g/mol. The van der Waals surface area contributed by atoms with Gasteiger partial charge in [-0.2, -0.15) is 0 Å². The van der Waals surface area contributed by atoms with Gasteiger partial charge in [-0.25, -0.2) is 9.97 Å². The Morgan fingerprint density at radius 2 is 1.85 bits per heavy atom. The standard InChI is InChI=1S/C7H4ClNS2.C7H5NS/c8-4-1-2-6-5(3-4)9-7(10)11-6;1-2-4-7-6(3-1)8-5-9-7/h1-3H,(H,9,10);1-5H. The summed E-state index contributed by atoms with van der Waals surface area (Å²) in [5.41, 5.74) is 3.89. The summed E-state index contributed by atoms with van der Waals surface area (Å²) in [4.78, 5) is 8.31. The molecule has 0 N–H and O–H groups in total. The Bertz CT molecular complexity index is 824. The molecule has 4 aromatic rings. The van der Waals surface area contributed by atoms with Crippen molar-refractivity contribution in [2.45, 2.75) is 4.34 Å². The van der Waals surface area contributed by atoms with Crippen molar-refractivity contribution in [1.82, 2.24) is 9.97 Å². The summed E-state index contributed by atoms with van der Waals surface area (Å²) in [5, 5.41) is 0.719. The van der Waals surface area contributed by atoms with Gasteiger partial charge in [-0.1, -0.05) is 23.7 Å². The molecule has 0 amide bonds. The Morgan fingerprint density at radius 1 is 1.00 bits per heavy atom. The van der Waals surface area contributed by atoms with Gasteiger partial charge in [0, 0.05) is 5.02 Å². The molecule has 0 aliphatic carbocycles. The van der Waals surface area contributed by atoms with Gasteiger partial charge in [-0.15, -0.1) is 35.3 Å². The highest BCUT2D eigenvalue weighted by molar-refractivity contribution is 7.82. The molecule has 0 saturated carbocycles. The third-order valence-electron chi connectivity index (χ3n) is 2.58. The number of halogens is 1. The third-order valence-corrected chi connectivity index (χ3v) is 4.83. The number of hydrogen-bond donors (Lipinski definition) is 1. The molecule has 0 aliphatic heterocycles. The van der Waals surface area contributed by atoms with Crippen LogP contribution in [0.3, 0.4) is 0 Å². The minimum absolute atomic E-state index is 0.719. The van der Waals surface area contributed by atoms with E-state index in [2.05, 4.69) is 28.7 Å². The number of rotatable bonds is 0. The van der Waals surface area contributed by atoms with Gasteiger partial charge in [0.15, 0.2) is 0 Å². The van der Waals surface area contributed by atoms with E-state index in [0.717, 1.165) is 25.1 Å². The van der Waals surface area contributed by atoms with E-state index in [0.29, 0.717) is 0 Å². The Balaban J connectivity index is 0.000000123. The Kier molecular flexibility index (Phi) is 4.21. The molecule has 0 fully saturated rings. The number of thiazole rings is 2. The molecule has 0 spiro atoms. The van der Waals surface area contributed by atoms with Crippen molar-refractivity contribution in [2.75, 3.05) is 0 Å². The first-order valence-electron chi connectivity index (χ1n) is 5.76. The average Bonchev–Trinajstić information content (AvgIpc) is 3.04. The first-order chi connectivity index (χ1) is 9.72. The Hall–Kier alpha value is -1.14. The second-order valence-corrected chi connectivity index (χ2v) is 7.01. The van der Waals surface area contributed by atoms with E-state index in [9.17, 15) is 0 Å². The first-order valence-corrected chi connectivity index (χ1v) is 8.28. The fourth-order valence-corrected chi connectivity index (χ4v) is 3.63. The highest BCUT2D eigenvalue weighted by Gasteiger charge is 1.99. The molecular formula is C14H9ClN2S3. The Morgan fingerprint density at radius 3 is 2.70 bits per heavy atom. The number of nitrogens with zero attached hydrogens (tertiary/aromatic N) is 2. The zero-order valence-corrected chi connectivity index (χ0v) is 13.4. The van der Waals surface area contributed by atoms with E-state index in [-0.39, 0.29) is 0 Å². The molecule has 0 unspecified atom stereocenters. The van der Waals surface area contributed by atoms with Gasteiger partial charge in [0.05, 0.1) is 25.9 Å². The van der Waals surface area contributed by atoms with Crippen LogP contribution in [0.15, 0.2) is 52.3 Å². The summed E-state index contributed by atoms with van der Waals surface area (Å²) in [6, 6.07) is 13.8. The summed E-state index contributed by atoms with van der Waals surface area (Å²) in [7, 11) is 0. The summed E-state index contributed by atoms with van der Waals surface area (Å²) in [6.07, 6.45) is 0. The average molecular weight is 337 g/mol. The van der Waals surface area contributed by atoms with Gasteiger partial charge >= 0.3 is 0 Å². The van der Waals surface area contributed by atoms with Crippen molar-refractivity contribution in [3.05, 3.63) is 53.0 Å². The van der Waals surface area contributed by atoms with Gasteiger partial charge < -0.3 is 0 Å². The van der Waals surface area contributed by atoms with Crippen LogP contribution in [0.1, 0.15) is 0 Å². The smallest absolute Gasteiger partial charge is 0.148 e. The van der Waals surface area contributed by atoms with E-state index in [1.165, 1.54) is 4.70 Å². The lowest BCUT2D eigenvalue weighted by atomic mass is 10.3. The number of aromatic nitrogens is 2. The lowest BCUT2D eigenvalue weighted by molar-refractivity contribution is 1.31. The predicted molar refractivity (Wildman–Crippen MR) is 91.5 cm³/mol. The summed E-state index contributed by atoms with van der Waals surface area (Å²) in [6.45, 7) is 0. The van der Waals surface area contributed by atoms with Crippen molar-refractivity contribution >= 4 is 67.3 Å². The van der Waals surface area contributed by atoms with Crippen LogP contribution in [0.5, 0.6) is 0 Å². The SMILES string of the molecule is Sc1nc2cc(Cl)ccc2s1.c1ccc2scnc2c1. The third kappa shape index (κ3) is 3.12. The molecule has 100 valence electrons. The van der Waals surface area contributed by atoms with Gasteiger partial charge in [0.25, 0.3) is 0 Å². The van der Waals surface area contributed by atoms with Crippen LogP contribution in [0, 0.1) is 0 Å². The molecule has 2 aromatic heterocycles. The molecule has 0 aliphatic rings. The number of benzene rings is 2. The van der Waals surface area contributed by atoms with Crippen molar-refractivity contribution in [2.24, 2.45) is 0 Å².